The smallest absolute Gasteiger partial charge is 0.328 e. The van der Waals surface area contributed by atoms with Crippen LogP contribution in [-0.4, -0.2) is 61.6 Å². The molecule has 7 rings (SSSR count). The Balaban J connectivity index is 1.21. The van der Waals surface area contributed by atoms with Gasteiger partial charge in [-0.1, -0.05) is 42.5 Å². The lowest BCUT2D eigenvalue weighted by molar-refractivity contribution is -0.146. The lowest BCUT2D eigenvalue weighted by Crippen LogP contribution is -2.63. The number of carbonyl (C=O) groups excluding carboxylic acids is 4. The van der Waals surface area contributed by atoms with Gasteiger partial charge in [-0.3, -0.25) is 14.4 Å². The third-order valence-electron chi connectivity index (χ3n) is 8.64. The van der Waals surface area contributed by atoms with Crippen LogP contribution in [0.1, 0.15) is 52.0 Å². The summed E-state index contributed by atoms with van der Waals surface area (Å²) in [6.07, 6.45) is 2.88. The van der Waals surface area contributed by atoms with Crippen molar-refractivity contribution in [1.29, 1.82) is 0 Å². The molecule has 2 atom stereocenters. The third-order valence-corrected chi connectivity index (χ3v) is 10.6. The van der Waals surface area contributed by atoms with Crippen molar-refractivity contribution in [2.45, 2.75) is 55.1 Å². The van der Waals surface area contributed by atoms with Crippen LogP contribution in [-0.2, 0) is 30.8 Å². The normalized spacial score (nSPS) is 22.3. The molecule has 3 amide bonds. The van der Waals surface area contributed by atoms with Crippen LogP contribution in [0.5, 0.6) is 0 Å². The lowest BCUT2D eigenvalue weighted by atomic mass is 9.76. The highest BCUT2D eigenvalue weighted by molar-refractivity contribution is 7.89. The summed E-state index contributed by atoms with van der Waals surface area (Å²) in [7, 11) is -2.73. The number of nitrogens with one attached hydrogen (secondary N) is 1. The van der Waals surface area contributed by atoms with Crippen molar-refractivity contribution in [3.8, 4) is 0 Å². The summed E-state index contributed by atoms with van der Waals surface area (Å²) < 4.78 is 33.8. The maximum absolute atomic E-state index is 13.8. The van der Waals surface area contributed by atoms with Crippen LogP contribution in [0.25, 0.3) is 0 Å². The minimum absolute atomic E-state index is 0.0626. The molecule has 11 heteroatoms. The summed E-state index contributed by atoms with van der Waals surface area (Å²) in [5.41, 5.74) is 1.71. The fraction of sp³-hybridized carbons (Fsp3) is 0.312. The van der Waals surface area contributed by atoms with Crippen LogP contribution in [0.3, 0.4) is 0 Å². The molecule has 1 aliphatic carbocycles. The van der Waals surface area contributed by atoms with Crippen LogP contribution < -0.4 is 10.2 Å². The van der Waals surface area contributed by atoms with E-state index in [1.807, 2.05) is 0 Å². The topological polar surface area (TPSA) is 130 Å². The molecule has 2 unspecified atom stereocenters. The van der Waals surface area contributed by atoms with Gasteiger partial charge in [0.25, 0.3) is 11.8 Å². The molecule has 0 aromatic heterocycles. The molecule has 0 radical (unpaired) electrons. The van der Waals surface area contributed by atoms with E-state index < -0.39 is 45.8 Å². The van der Waals surface area contributed by atoms with Gasteiger partial charge in [-0.25, -0.2) is 18.1 Å². The van der Waals surface area contributed by atoms with E-state index in [1.165, 1.54) is 23.5 Å². The van der Waals surface area contributed by atoms with E-state index in [9.17, 15) is 27.6 Å². The monoisotopic (exact) mass is 601 g/mol. The molecule has 2 bridgehead atoms. The molecular weight excluding hydrogens is 570 g/mol. The van der Waals surface area contributed by atoms with E-state index in [2.05, 4.69) is 5.32 Å². The first-order chi connectivity index (χ1) is 20.7. The van der Waals surface area contributed by atoms with E-state index in [0.717, 1.165) is 17.7 Å². The number of amides is 3. The highest BCUT2D eigenvalue weighted by Crippen LogP contribution is 2.42. The Morgan fingerprint density at radius 3 is 2.02 bits per heavy atom. The minimum Gasteiger partial charge on any atom is -0.467 e. The molecule has 0 spiro atoms. The van der Waals surface area contributed by atoms with Gasteiger partial charge in [0.05, 0.1) is 28.8 Å². The molecule has 10 nitrogen and oxygen atoms in total. The van der Waals surface area contributed by atoms with Crippen LogP contribution in [0, 0.1) is 5.92 Å². The van der Waals surface area contributed by atoms with Crippen molar-refractivity contribution in [2.24, 2.45) is 5.92 Å². The zero-order valence-corrected chi connectivity index (χ0v) is 24.3. The number of rotatable bonds is 8. The third kappa shape index (κ3) is 5.12. The quantitative estimate of drug-likeness (QED) is 0.310. The van der Waals surface area contributed by atoms with Gasteiger partial charge in [-0.15, -0.1) is 0 Å². The van der Waals surface area contributed by atoms with Crippen molar-refractivity contribution < 1.29 is 32.3 Å². The Labute approximate surface area is 249 Å². The van der Waals surface area contributed by atoms with Gasteiger partial charge in [0.2, 0.25) is 15.9 Å². The Hall–Kier alpha value is -4.35. The molecule has 3 aliphatic heterocycles. The Morgan fingerprint density at radius 1 is 0.860 bits per heavy atom. The molecule has 3 aromatic rings. The number of benzene rings is 3. The number of anilines is 1. The Morgan fingerprint density at radius 2 is 1.44 bits per heavy atom. The summed E-state index contributed by atoms with van der Waals surface area (Å²) in [4.78, 5) is 53.6. The number of hydrogen-bond acceptors (Lipinski definition) is 7. The molecule has 3 heterocycles. The largest absolute Gasteiger partial charge is 0.467 e. The lowest BCUT2D eigenvalue weighted by Gasteiger charge is -2.49. The van der Waals surface area contributed by atoms with Crippen molar-refractivity contribution in [3.05, 3.63) is 95.6 Å². The number of sulfonamides is 1. The van der Waals surface area contributed by atoms with E-state index >= 15 is 0 Å². The number of methoxy groups -OCH3 is 1. The second-order valence-electron chi connectivity index (χ2n) is 11.1. The number of carbonyl (C=O) groups is 4. The standard InChI is InChI=1S/C32H31N3O7S/c1-42-32(39)27(19-20-11-15-22(16-12-20)34-30(37)25-9-5-6-10-26(25)31(34)38)33-29(36)28-21-13-17-23(18-14-21)35(28)43(40,41)24-7-3-2-4-8-24/h2-12,15-16,21,23,27-28H,13-14,17-19H2,1H3,(H,33,36). The van der Waals surface area contributed by atoms with Crippen LogP contribution in [0.2, 0.25) is 0 Å². The summed E-state index contributed by atoms with van der Waals surface area (Å²) in [6, 6.07) is 19.0. The van der Waals surface area contributed by atoms with Crippen molar-refractivity contribution in [1.82, 2.24) is 9.62 Å². The molecule has 222 valence electrons. The van der Waals surface area contributed by atoms with E-state index in [4.69, 9.17) is 4.74 Å². The first-order valence-electron chi connectivity index (χ1n) is 14.2. The average Bonchev–Trinajstić information content (AvgIpc) is 3.30. The Bertz CT molecular complexity index is 1650. The number of esters is 1. The maximum Gasteiger partial charge on any atom is 0.328 e. The molecule has 3 fully saturated rings. The first-order valence-corrected chi connectivity index (χ1v) is 15.7. The van der Waals surface area contributed by atoms with Crippen molar-refractivity contribution in [2.75, 3.05) is 12.0 Å². The molecule has 4 aliphatic rings. The number of piperidine rings is 2. The van der Waals surface area contributed by atoms with Gasteiger partial charge in [0.1, 0.15) is 12.1 Å². The fourth-order valence-corrected chi connectivity index (χ4v) is 8.44. The molecule has 1 saturated carbocycles. The van der Waals surface area contributed by atoms with Crippen LogP contribution >= 0.6 is 0 Å². The minimum atomic E-state index is -3.95. The molecule has 3 aromatic carbocycles. The summed E-state index contributed by atoms with van der Waals surface area (Å²) in [6.45, 7) is 0. The van der Waals surface area contributed by atoms with Crippen LogP contribution in [0.4, 0.5) is 5.69 Å². The average molecular weight is 602 g/mol. The number of hydrogen-bond donors (Lipinski definition) is 1. The van der Waals surface area contributed by atoms with E-state index in [-0.39, 0.29) is 23.3 Å². The number of fused-ring (bicyclic) bond motifs is 4. The van der Waals surface area contributed by atoms with Gasteiger partial charge >= 0.3 is 5.97 Å². The summed E-state index contributed by atoms with van der Waals surface area (Å²) in [5.74, 6) is -2.20. The molecule has 1 N–H and O–H groups in total. The molecule has 2 saturated heterocycles. The van der Waals surface area contributed by atoms with Crippen LogP contribution in [0.15, 0.2) is 83.8 Å². The second-order valence-corrected chi connectivity index (χ2v) is 13.0. The van der Waals surface area contributed by atoms with Gasteiger partial charge < -0.3 is 10.1 Å². The fourth-order valence-electron chi connectivity index (χ4n) is 6.53. The van der Waals surface area contributed by atoms with E-state index in [0.29, 0.717) is 35.2 Å². The Kier molecular flexibility index (Phi) is 7.61. The molecular formula is C32H31N3O7S. The van der Waals surface area contributed by atoms with Gasteiger partial charge in [-0.2, -0.15) is 4.31 Å². The van der Waals surface area contributed by atoms with Crippen molar-refractivity contribution in [3.63, 3.8) is 0 Å². The highest BCUT2D eigenvalue weighted by Gasteiger charge is 2.51. The predicted molar refractivity (Wildman–Crippen MR) is 157 cm³/mol. The summed E-state index contributed by atoms with van der Waals surface area (Å²) >= 11 is 0. The number of ether oxygens (including phenoxy) is 1. The van der Waals surface area contributed by atoms with Gasteiger partial charge in [0, 0.05) is 12.5 Å². The summed E-state index contributed by atoms with van der Waals surface area (Å²) in [5, 5.41) is 2.78. The highest BCUT2D eigenvalue weighted by atomic mass is 32.2. The zero-order chi connectivity index (χ0) is 30.3. The molecule has 43 heavy (non-hydrogen) atoms. The second kappa shape index (κ2) is 11.4. The van der Waals surface area contributed by atoms with E-state index in [1.54, 1.807) is 66.7 Å². The van der Waals surface area contributed by atoms with Gasteiger partial charge in [0.15, 0.2) is 0 Å². The SMILES string of the molecule is COC(=O)C(Cc1ccc(N2C(=O)c3ccccc3C2=O)cc1)NC(=O)C1C2CCC(CC2)N1S(=O)(=O)c1ccccc1. The zero-order valence-electron chi connectivity index (χ0n) is 23.5. The predicted octanol–water partition coefficient (Wildman–Crippen LogP) is 3.32. The van der Waals surface area contributed by atoms with Gasteiger partial charge in [-0.05, 0) is 73.6 Å². The first kappa shape index (κ1) is 28.8. The number of nitrogens with zero attached hydrogens (tertiary/aromatic N) is 2. The van der Waals surface area contributed by atoms with Crippen molar-refractivity contribution >= 4 is 39.4 Å². The number of imide groups is 1. The maximum atomic E-state index is 13.8.